The van der Waals surface area contributed by atoms with Crippen molar-refractivity contribution in [2.45, 2.75) is 45.2 Å². The van der Waals surface area contributed by atoms with Crippen LogP contribution in [-0.4, -0.2) is 62.9 Å². The van der Waals surface area contributed by atoms with Gasteiger partial charge in [-0.05, 0) is 49.1 Å². The Morgan fingerprint density at radius 1 is 1.23 bits per heavy atom. The van der Waals surface area contributed by atoms with Crippen LogP contribution in [0.3, 0.4) is 0 Å². The van der Waals surface area contributed by atoms with Gasteiger partial charge in [0.05, 0.1) is 20.4 Å². The van der Waals surface area contributed by atoms with Gasteiger partial charge in [-0.15, -0.1) is 0 Å². The molecule has 0 saturated carbocycles. The van der Waals surface area contributed by atoms with Crippen molar-refractivity contribution in [3.8, 4) is 11.5 Å². The molecule has 4 nitrogen and oxygen atoms in total. The molecule has 1 unspecified atom stereocenters. The van der Waals surface area contributed by atoms with Crippen molar-refractivity contribution in [1.82, 2.24) is 9.80 Å². The van der Waals surface area contributed by atoms with Crippen LogP contribution in [0.4, 0.5) is 4.39 Å². The summed E-state index contributed by atoms with van der Waals surface area (Å²) in [6.07, 6.45) is 2.70. The number of ether oxygens (including phenoxy) is 2. The molecule has 0 amide bonds. The van der Waals surface area contributed by atoms with E-state index in [-0.39, 0.29) is 6.67 Å². The first-order chi connectivity index (χ1) is 12.5. The smallest absolute Gasteiger partial charge is 0.161 e. The second kappa shape index (κ2) is 8.57. The molecular formula is C21H33FN2O2. The minimum absolute atomic E-state index is 0.353. The van der Waals surface area contributed by atoms with Gasteiger partial charge in [-0.25, -0.2) is 0 Å². The molecule has 0 radical (unpaired) electrons. The van der Waals surface area contributed by atoms with Crippen LogP contribution < -0.4 is 9.47 Å². The summed E-state index contributed by atoms with van der Waals surface area (Å²) in [7, 11) is 3.93. The topological polar surface area (TPSA) is 24.9 Å². The summed E-state index contributed by atoms with van der Waals surface area (Å²) in [5.74, 6) is 2.23. The number of rotatable bonds is 7. The van der Waals surface area contributed by atoms with Crippen LogP contribution in [0.1, 0.15) is 43.9 Å². The predicted octanol–water partition coefficient (Wildman–Crippen LogP) is 3.69. The molecule has 1 saturated heterocycles. The molecule has 0 bridgehead atoms. The molecule has 3 rings (SSSR count). The zero-order valence-corrected chi connectivity index (χ0v) is 16.6. The minimum Gasteiger partial charge on any atom is -0.493 e. The molecule has 2 heterocycles. The third kappa shape index (κ3) is 4.15. The van der Waals surface area contributed by atoms with Gasteiger partial charge in [0.2, 0.25) is 0 Å². The fraction of sp³-hybridized carbons (Fsp3) is 0.714. The first kappa shape index (κ1) is 19.4. The molecule has 2 aliphatic rings. The van der Waals surface area contributed by atoms with E-state index in [2.05, 4.69) is 42.8 Å². The van der Waals surface area contributed by atoms with E-state index < -0.39 is 0 Å². The second-order valence-corrected chi connectivity index (χ2v) is 8.08. The number of hydrogen-bond donors (Lipinski definition) is 0. The van der Waals surface area contributed by atoms with E-state index in [1.54, 1.807) is 7.11 Å². The Morgan fingerprint density at radius 2 is 2.04 bits per heavy atom. The molecule has 1 aromatic rings. The van der Waals surface area contributed by atoms with E-state index in [0.29, 0.717) is 25.1 Å². The fourth-order valence-electron chi connectivity index (χ4n) is 4.33. The van der Waals surface area contributed by atoms with Crippen molar-refractivity contribution in [2.24, 2.45) is 5.92 Å². The second-order valence-electron chi connectivity index (χ2n) is 8.08. The highest BCUT2D eigenvalue weighted by atomic mass is 19.1. The molecule has 5 heteroatoms. The number of halogens is 1. The lowest BCUT2D eigenvalue weighted by Gasteiger charge is -2.48. The summed E-state index contributed by atoms with van der Waals surface area (Å²) >= 11 is 0. The van der Waals surface area contributed by atoms with Crippen molar-refractivity contribution in [1.29, 1.82) is 0 Å². The Morgan fingerprint density at radius 3 is 2.73 bits per heavy atom. The summed E-state index contributed by atoms with van der Waals surface area (Å²) < 4.78 is 23.7. The standard InChI is InChI=1S/C21H33FN2O2/c1-15(2)10-17-13-24-8-6-16-11-21(26-9-5-7-22)20(25-4)12-18(16)19(24)14-23(17)3/h11-12,15,17,19H,5-10,13-14H2,1-4H3/t17-,19?/m1/s1. The highest BCUT2D eigenvalue weighted by molar-refractivity contribution is 5.49. The van der Waals surface area contributed by atoms with Gasteiger partial charge in [0.25, 0.3) is 0 Å². The van der Waals surface area contributed by atoms with Crippen molar-refractivity contribution in [2.75, 3.05) is 47.1 Å². The lowest BCUT2D eigenvalue weighted by molar-refractivity contribution is 0.0294. The number of fused-ring (bicyclic) bond motifs is 3. The lowest BCUT2D eigenvalue weighted by atomic mass is 9.88. The number of methoxy groups -OCH3 is 1. The maximum absolute atomic E-state index is 12.4. The van der Waals surface area contributed by atoms with Gasteiger partial charge in [0, 0.05) is 38.1 Å². The first-order valence-electron chi connectivity index (χ1n) is 9.87. The third-order valence-electron chi connectivity index (χ3n) is 5.70. The van der Waals surface area contributed by atoms with Gasteiger partial charge in [-0.1, -0.05) is 13.8 Å². The quantitative estimate of drug-likeness (QED) is 0.689. The SMILES string of the molecule is COc1cc2c(cc1OCCCF)CCN1C[C@@H](CC(C)C)N(C)CC21. The Hall–Kier alpha value is -1.33. The molecule has 0 spiro atoms. The summed E-state index contributed by atoms with van der Waals surface area (Å²) in [5, 5.41) is 0. The van der Waals surface area contributed by atoms with Crippen LogP contribution in [0.5, 0.6) is 11.5 Å². The van der Waals surface area contributed by atoms with Crippen LogP contribution >= 0.6 is 0 Å². The molecule has 1 fully saturated rings. The van der Waals surface area contributed by atoms with E-state index in [1.165, 1.54) is 17.5 Å². The van der Waals surface area contributed by atoms with E-state index in [4.69, 9.17) is 9.47 Å². The van der Waals surface area contributed by atoms with Gasteiger partial charge in [-0.3, -0.25) is 9.29 Å². The number of hydrogen-bond acceptors (Lipinski definition) is 4. The highest BCUT2D eigenvalue weighted by Crippen LogP contribution is 2.40. The van der Waals surface area contributed by atoms with Crippen molar-refractivity contribution in [3.05, 3.63) is 23.3 Å². The summed E-state index contributed by atoms with van der Waals surface area (Å²) in [5.41, 5.74) is 2.71. The third-order valence-corrected chi connectivity index (χ3v) is 5.70. The molecule has 2 atom stereocenters. The van der Waals surface area contributed by atoms with Gasteiger partial charge in [-0.2, -0.15) is 0 Å². The molecule has 0 aromatic heterocycles. The number of alkyl halides is 1. The van der Waals surface area contributed by atoms with Crippen LogP contribution in [0, 0.1) is 5.92 Å². The molecule has 2 aliphatic heterocycles. The average molecular weight is 365 g/mol. The molecule has 26 heavy (non-hydrogen) atoms. The maximum atomic E-state index is 12.4. The van der Waals surface area contributed by atoms with Crippen molar-refractivity contribution >= 4 is 0 Å². The van der Waals surface area contributed by atoms with Crippen molar-refractivity contribution in [3.63, 3.8) is 0 Å². The van der Waals surface area contributed by atoms with Crippen LogP contribution in [0.15, 0.2) is 12.1 Å². The number of benzene rings is 1. The van der Waals surface area contributed by atoms with Gasteiger partial charge in [0.15, 0.2) is 11.5 Å². The first-order valence-corrected chi connectivity index (χ1v) is 9.87. The van der Waals surface area contributed by atoms with E-state index in [1.807, 2.05) is 0 Å². The Kier molecular flexibility index (Phi) is 6.41. The molecular weight excluding hydrogens is 331 g/mol. The zero-order chi connectivity index (χ0) is 18.7. The fourth-order valence-corrected chi connectivity index (χ4v) is 4.33. The maximum Gasteiger partial charge on any atom is 0.161 e. The molecule has 0 N–H and O–H groups in total. The summed E-state index contributed by atoms with van der Waals surface area (Å²) in [6.45, 7) is 7.93. The molecule has 0 aliphatic carbocycles. The number of nitrogens with zero attached hydrogens (tertiary/aromatic N) is 2. The Labute approximate surface area is 157 Å². The summed E-state index contributed by atoms with van der Waals surface area (Å²) in [6, 6.07) is 5.32. The van der Waals surface area contributed by atoms with Crippen molar-refractivity contribution < 1.29 is 13.9 Å². The van der Waals surface area contributed by atoms with E-state index in [0.717, 1.165) is 43.5 Å². The largest absolute Gasteiger partial charge is 0.493 e. The van der Waals surface area contributed by atoms with Gasteiger partial charge >= 0.3 is 0 Å². The normalized spacial score (nSPS) is 23.6. The van der Waals surface area contributed by atoms with Gasteiger partial charge in [0.1, 0.15) is 0 Å². The van der Waals surface area contributed by atoms with Crippen LogP contribution in [-0.2, 0) is 6.42 Å². The van der Waals surface area contributed by atoms with Gasteiger partial charge < -0.3 is 14.4 Å². The minimum atomic E-state index is -0.353. The number of likely N-dealkylation sites (N-methyl/N-ethyl adjacent to an activating group) is 1. The average Bonchev–Trinajstić information content (AvgIpc) is 2.61. The van der Waals surface area contributed by atoms with E-state index in [9.17, 15) is 4.39 Å². The number of piperazine rings is 1. The Bertz CT molecular complexity index is 608. The van der Waals surface area contributed by atoms with Crippen LogP contribution in [0.25, 0.3) is 0 Å². The zero-order valence-electron chi connectivity index (χ0n) is 16.6. The lowest BCUT2D eigenvalue weighted by Crippen LogP contribution is -2.55. The Balaban J connectivity index is 1.80. The predicted molar refractivity (Wildman–Crippen MR) is 103 cm³/mol. The van der Waals surface area contributed by atoms with E-state index >= 15 is 0 Å². The summed E-state index contributed by atoms with van der Waals surface area (Å²) in [4.78, 5) is 5.16. The van der Waals surface area contributed by atoms with Crippen LogP contribution in [0.2, 0.25) is 0 Å². The molecule has 1 aromatic carbocycles. The monoisotopic (exact) mass is 364 g/mol. The highest BCUT2D eigenvalue weighted by Gasteiger charge is 2.36. The molecule has 146 valence electrons.